The molecule has 0 aromatic heterocycles. The second-order valence-corrected chi connectivity index (χ2v) is 8.78. The lowest BCUT2D eigenvalue weighted by Crippen LogP contribution is -2.52. The molecule has 33 heavy (non-hydrogen) atoms. The molecule has 1 amide bonds. The fraction of sp³-hybridized carbons (Fsp3) is 0.444. The second kappa shape index (κ2) is 9.87. The van der Waals surface area contributed by atoms with E-state index in [1.54, 1.807) is 13.3 Å². The van der Waals surface area contributed by atoms with E-state index < -0.39 is 0 Å². The van der Waals surface area contributed by atoms with Crippen molar-refractivity contribution < 1.29 is 9.53 Å². The van der Waals surface area contributed by atoms with Crippen molar-refractivity contribution in [1.29, 1.82) is 0 Å². The van der Waals surface area contributed by atoms with Crippen LogP contribution < -0.4 is 0 Å². The minimum Gasteiger partial charge on any atom is -0.381 e. The lowest BCUT2D eigenvalue weighted by Gasteiger charge is -2.48. The van der Waals surface area contributed by atoms with Crippen LogP contribution in [0, 0.1) is 0 Å². The van der Waals surface area contributed by atoms with Gasteiger partial charge in [0.05, 0.1) is 24.1 Å². The van der Waals surface area contributed by atoms with E-state index in [1.165, 1.54) is 0 Å². The Bertz CT molecular complexity index is 1020. The van der Waals surface area contributed by atoms with Crippen LogP contribution in [0.25, 0.3) is 0 Å². The molecule has 1 atom stereocenters. The van der Waals surface area contributed by atoms with E-state index in [4.69, 9.17) is 9.73 Å². The predicted molar refractivity (Wildman–Crippen MR) is 134 cm³/mol. The number of aliphatic imine (C=N–C) groups is 2. The van der Waals surface area contributed by atoms with Crippen LogP contribution in [0.4, 0.5) is 0 Å². The summed E-state index contributed by atoms with van der Waals surface area (Å²) in [5.41, 5.74) is 4.72. The van der Waals surface area contributed by atoms with Crippen molar-refractivity contribution in [3.63, 3.8) is 0 Å². The Morgan fingerprint density at radius 1 is 1.30 bits per heavy atom. The molecule has 0 saturated carbocycles. The number of fused-ring (bicyclic) bond motifs is 1. The molecule has 1 fully saturated rings. The van der Waals surface area contributed by atoms with E-state index in [1.807, 2.05) is 42.3 Å². The summed E-state index contributed by atoms with van der Waals surface area (Å²) in [5, 5.41) is 0. The van der Waals surface area contributed by atoms with Gasteiger partial charge in [0.1, 0.15) is 5.54 Å². The lowest BCUT2D eigenvalue weighted by atomic mass is 9.80. The van der Waals surface area contributed by atoms with Crippen molar-refractivity contribution in [2.24, 2.45) is 9.98 Å². The zero-order chi connectivity index (χ0) is 23.4. The van der Waals surface area contributed by atoms with E-state index in [-0.39, 0.29) is 17.6 Å². The normalized spacial score (nSPS) is 27.0. The van der Waals surface area contributed by atoms with Gasteiger partial charge in [-0.2, -0.15) is 0 Å². The Morgan fingerprint density at radius 2 is 2.09 bits per heavy atom. The van der Waals surface area contributed by atoms with Gasteiger partial charge in [-0.3, -0.25) is 14.8 Å². The molecule has 0 N–H and O–H groups in total. The maximum absolute atomic E-state index is 13.5. The number of carbonyl (C=O) groups excluding carboxylic acids is 1. The van der Waals surface area contributed by atoms with Gasteiger partial charge in [0.2, 0.25) is 0 Å². The molecule has 6 heteroatoms. The Labute approximate surface area is 197 Å². The van der Waals surface area contributed by atoms with E-state index >= 15 is 0 Å². The number of carbonyl (C=O) groups is 1. The number of dihydropyridines is 1. The van der Waals surface area contributed by atoms with Crippen molar-refractivity contribution in [3.8, 4) is 0 Å². The number of hydrogen-bond donors (Lipinski definition) is 0. The van der Waals surface area contributed by atoms with Gasteiger partial charge in [-0.05, 0) is 44.8 Å². The average Bonchev–Trinajstić information content (AvgIpc) is 2.86. The Balaban J connectivity index is 1.61. The number of allylic oxidation sites excluding steroid dienone is 4. The maximum Gasteiger partial charge on any atom is 0.254 e. The molecule has 0 bridgehead atoms. The highest BCUT2D eigenvalue weighted by Crippen LogP contribution is 2.43. The monoisotopic (exact) mass is 446 g/mol. The summed E-state index contributed by atoms with van der Waals surface area (Å²) in [5.74, 6) is 0.0727. The number of likely N-dealkylation sites (tertiary alicyclic amines) is 1. The summed E-state index contributed by atoms with van der Waals surface area (Å²) >= 11 is 0. The molecule has 3 aliphatic heterocycles. The highest BCUT2D eigenvalue weighted by molar-refractivity contribution is 6.03. The van der Waals surface area contributed by atoms with E-state index in [0.29, 0.717) is 19.6 Å². The quantitative estimate of drug-likeness (QED) is 0.603. The number of ether oxygens (including phenoxy) is 1. The van der Waals surface area contributed by atoms with Crippen molar-refractivity contribution in [2.75, 3.05) is 26.7 Å². The zero-order valence-electron chi connectivity index (χ0n) is 20.0. The summed E-state index contributed by atoms with van der Waals surface area (Å²) in [6, 6.07) is 0. The summed E-state index contributed by atoms with van der Waals surface area (Å²) < 4.78 is 5.63. The van der Waals surface area contributed by atoms with Gasteiger partial charge in [0.15, 0.2) is 0 Å². The van der Waals surface area contributed by atoms with Gasteiger partial charge in [-0.25, -0.2) is 0 Å². The number of hydrogen-bond acceptors (Lipinski definition) is 5. The summed E-state index contributed by atoms with van der Waals surface area (Å²) in [4.78, 5) is 27.3. The highest BCUT2D eigenvalue weighted by Gasteiger charge is 2.45. The topological polar surface area (TPSA) is 57.5 Å². The van der Waals surface area contributed by atoms with Crippen LogP contribution in [0.5, 0.6) is 0 Å². The molecule has 0 aromatic carbocycles. The molecule has 1 saturated heterocycles. The molecule has 4 rings (SSSR count). The number of piperidine rings is 1. The standard InChI is InChI=1S/C27H34N4O2/c1-5-9-22(20-10-8-15-28-19-20)26(32)30-16-13-27(14-17-30)25(6-2)31(7-3)24-12-11-21(33-4)18-23(24)29-27/h5-10,12,15,21H,3,11,13-14,16-19H2,1-2,4H3. The molecule has 174 valence electrons. The summed E-state index contributed by atoms with van der Waals surface area (Å²) in [7, 11) is 1.76. The smallest absolute Gasteiger partial charge is 0.254 e. The molecule has 0 aromatic rings. The van der Waals surface area contributed by atoms with Gasteiger partial charge in [0, 0.05) is 50.3 Å². The highest BCUT2D eigenvalue weighted by atomic mass is 16.5. The van der Waals surface area contributed by atoms with Crippen LogP contribution in [-0.4, -0.2) is 66.0 Å². The van der Waals surface area contributed by atoms with Crippen molar-refractivity contribution >= 4 is 17.8 Å². The number of nitrogens with zero attached hydrogens (tertiary/aromatic N) is 4. The first-order chi connectivity index (χ1) is 16.1. The summed E-state index contributed by atoms with van der Waals surface area (Å²) in [6.07, 6.45) is 19.2. The second-order valence-electron chi connectivity index (χ2n) is 8.78. The minimum atomic E-state index is -0.342. The van der Waals surface area contributed by atoms with Crippen LogP contribution in [0.3, 0.4) is 0 Å². The van der Waals surface area contributed by atoms with Crippen LogP contribution in [0.2, 0.25) is 0 Å². The molecule has 1 spiro atoms. The van der Waals surface area contributed by atoms with Crippen LogP contribution in [-0.2, 0) is 9.53 Å². The average molecular weight is 447 g/mol. The SMILES string of the molecule is C=CN1C2=CCC(OC)CC2=NC2(CCN(C(=O)C(C=CC)=C3C=CC=NC3)CC2)C1=CC. The van der Waals surface area contributed by atoms with Gasteiger partial charge in [-0.15, -0.1) is 0 Å². The molecular weight excluding hydrogens is 412 g/mol. The molecule has 1 unspecified atom stereocenters. The number of rotatable bonds is 4. The van der Waals surface area contributed by atoms with E-state index in [0.717, 1.165) is 53.9 Å². The van der Waals surface area contributed by atoms with Crippen molar-refractivity contribution in [1.82, 2.24) is 9.80 Å². The predicted octanol–water partition coefficient (Wildman–Crippen LogP) is 4.36. The van der Waals surface area contributed by atoms with Crippen LogP contribution in [0.15, 0.2) is 81.8 Å². The third kappa shape index (κ3) is 4.32. The largest absolute Gasteiger partial charge is 0.381 e. The van der Waals surface area contributed by atoms with Gasteiger partial charge >= 0.3 is 0 Å². The molecule has 4 aliphatic rings. The first-order valence-corrected chi connectivity index (χ1v) is 11.8. The third-order valence-electron chi connectivity index (χ3n) is 6.96. The Hall–Kier alpha value is -2.99. The first kappa shape index (κ1) is 23.2. The number of amides is 1. The zero-order valence-corrected chi connectivity index (χ0v) is 20.0. The van der Waals surface area contributed by atoms with Crippen molar-refractivity contribution in [3.05, 3.63) is 71.8 Å². The Morgan fingerprint density at radius 3 is 2.70 bits per heavy atom. The molecule has 6 nitrogen and oxygen atoms in total. The summed E-state index contributed by atoms with van der Waals surface area (Å²) in [6.45, 7) is 9.96. The van der Waals surface area contributed by atoms with Gasteiger partial charge < -0.3 is 14.5 Å². The fourth-order valence-corrected chi connectivity index (χ4v) is 5.26. The lowest BCUT2D eigenvalue weighted by molar-refractivity contribution is -0.128. The fourth-order valence-electron chi connectivity index (χ4n) is 5.26. The van der Waals surface area contributed by atoms with Crippen LogP contribution >= 0.6 is 0 Å². The Kier molecular flexibility index (Phi) is 6.94. The third-order valence-corrected chi connectivity index (χ3v) is 6.96. The maximum atomic E-state index is 13.5. The minimum absolute atomic E-state index is 0.0727. The molecule has 0 radical (unpaired) electrons. The van der Waals surface area contributed by atoms with E-state index in [9.17, 15) is 4.79 Å². The van der Waals surface area contributed by atoms with Crippen LogP contribution in [0.1, 0.15) is 39.5 Å². The van der Waals surface area contributed by atoms with Gasteiger partial charge in [0.25, 0.3) is 5.91 Å². The van der Waals surface area contributed by atoms with E-state index in [2.05, 4.69) is 35.5 Å². The molecule has 1 aliphatic carbocycles. The van der Waals surface area contributed by atoms with Gasteiger partial charge in [-0.1, -0.05) is 37.0 Å². The van der Waals surface area contributed by atoms with Crippen molar-refractivity contribution in [2.45, 2.75) is 51.2 Å². The molecular formula is C27H34N4O2. The molecule has 3 heterocycles. The number of methoxy groups -OCH3 is 1. The first-order valence-electron chi connectivity index (χ1n) is 11.8.